The van der Waals surface area contributed by atoms with Gasteiger partial charge in [0.15, 0.2) is 0 Å². The fraction of sp³-hybridized carbons (Fsp3) is 0.600. The predicted molar refractivity (Wildman–Crippen MR) is 74.9 cm³/mol. The maximum atomic E-state index is 9.17. The summed E-state index contributed by atoms with van der Waals surface area (Å²) in [6, 6.07) is 4.22. The third kappa shape index (κ3) is 3.01. The zero-order valence-electron chi connectivity index (χ0n) is 11.9. The van der Waals surface area contributed by atoms with Crippen LogP contribution in [-0.2, 0) is 6.42 Å². The van der Waals surface area contributed by atoms with Crippen molar-refractivity contribution in [2.75, 3.05) is 20.3 Å². The zero-order valence-corrected chi connectivity index (χ0v) is 11.9. The number of hydrogen-bond donors (Lipinski definition) is 2. The van der Waals surface area contributed by atoms with Crippen LogP contribution in [0.2, 0.25) is 0 Å². The Morgan fingerprint density at radius 3 is 2.95 bits per heavy atom. The number of aliphatic hydroxyl groups is 1. The average molecular weight is 265 g/mol. The minimum atomic E-state index is 0.0800. The SMILES string of the molecule is CCOc1cc2c(cc1C(CCO)NC)OC(C)C2. The van der Waals surface area contributed by atoms with Crippen molar-refractivity contribution >= 4 is 0 Å². The summed E-state index contributed by atoms with van der Waals surface area (Å²) in [6.45, 7) is 4.84. The molecule has 1 aromatic rings. The molecule has 4 heteroatoms. The van der Waals surface area contributed by atoms with Crippen LogP contribution in [0.4, 0.5) is 0 Å². The van der Waals surface area contributed by atoms with E-state index in [2.05, 4.69) is 24.4 Å². The molecule has 19 heavy (non-hydrogen) atoms. The van der Waals surface area contributed by atoms with Gasteiger partial charge >= 0.3 is 0 Å². The highest BCUT2D eigenvalue weighted by Gasteiger charge is 2.24. The van der Waals surface area contributed by atoms with E-state index in [1.165, 1.54) is 5.56 Å². The maximum Gasteiger partial charge on any atom is 0.124 e. The molecule has 0 aromatic heterocycles. The first-order valence-corrected chi connectivity index (χ1v) is 6.94. The highest BCUT2D eigenvalue weighted by atomic mass is 16.5. The summed E-state index contributed by atoms with van der Waals surface area (Å²) in [7, 11) is 1.90. The van der Waals surface area contributed by atoms with Crippen molar-refractivity contribution < 1.29 is 14.6 Å². The highest BCUT2D eigenvalue weighted by molar-refractivity contribution is 5.50. The predicted octanol–water partition coefficient (Wildman–Crippen LogP) is 2.05. The van der Waals surface area contributed by atoms with E-state index >= 15 is 0 Å². The van der Waals surface area contributed by atoms with Gasteiger partial charge in [0.1, 0.15) is 17.6 Å². The van der Waals surface area contributed by atoms with Crippen LogP contribution in [0, 0.1) is 0 Å². The van der Waals surface area contributed by atoms with E-state index in [4.69, 9.17) is 9.47 Å². The quantitative estimate of drug-likeness (QED) is 0.826. The molecule has 2 N–H and O–H groups in total. The van der Waals surface area contributed by atoms with Crippen LogP contribution in [0.25, 0.3) is 0 Å². The Hall–Kier alpha value is -1.26. The van der Waals surface area contributed by atoms with Gasteiger partial charge in [-0.3, -0.25) is 0 Å². The number of ether oxygens (including phenoxy) is 2. The molecule has 0 spiro atoms. The molecule has 0 saturated carbocycles. The van der Waals surface area contributed by atoms with E-state index in [1.54, 1.807) is 0 Å². The monoisotopic (exact) mass is 265 g/mol. The Labute approximate surface area is 114 Å². The van der Waals surface area contributed by atoms with Crippen molar-refractivity contribution in [3.8, 4) is 11.5 Å². The Morgan fingerprint density at radius 1 is 1.53 bits per heavy atom. The Morgan fingerprint density at radius 2 is 2.32 bits per heavy atom. The standard InChI is InChI=1S/C15H23NO3/c1-4-18-15-8-11-7-10(2)19-14(11)9-12(15)13(16-3)5-6-17/h8-10,13,16-17H,4-7H2,1-3H3. The largest absolute Gasteiger partial charge is 0.494 e. The molecule has 0 radical (unpaired) electrons. The fourth-order valence-corrected chi connectivity index (χ4v) is 2.59. The minimum absolute atomic E-state index is 0.0800. The molecule has 2 rings (SSSR count). The molecule has 2 atom stereocenters. The van der Waals surface area contributed by atoms with Crippen LogP contribution in [0.15, 0.2) is 12.1 Å². The van der Waals surface area contributed by atoms with Crippen molar-refractivity contribution in [3.05, 3.63) is 23.3 Å². The summed E-state index contributed by atoms with van der Waals surface area (Å²) in [4.78, 5) is 0. The molecular weight excluding hydrogens is 242 g/mol. The molecule has 1 aliphatic heterocycles. The molecular formula is C15H23NO3. The lowest BCUT2D eigenvalue weighted by Gasteiger charge is -2.20. The van der Waals surface area contributed by atoms with Gasteiger partial charge in [0.05, 0.1) is 6.61 Å². The second-order valence-electron chi connectivity index (χ2n) is 4.92. The number of benzene rings is 1. The van der Waals surface area contributed by atoms with Gasteiger partial charge in [-0.05, 0) is 39.4 Å². The summed E-state index contributed by atoms with van der Waals surface area (Å²) in [5, 5.41) is 12.4. The third-order valence-corrected chi connectivity index (χ3v) is 3.47. The van der Waals surface area contributed by atoms with E-state index in [1.807, 2.05) is 14.0 Å². The first kappa shape index (κ1) is 14.2. The van der Waals surface area contributed by atoms with Gasteiger partial charge in [-0.1, -0.05) is 0 Å². The smallest absolute Gasteiger partial charge is 0.124 e. The molecule has 2 unspecified atom stereocenters. The second-order valence-corrected chi connectivity index (χ2v) is 4.92. The molecule has 0 fully saturated rings. The van der Waals surface area contributed by atoms with Gasteiger partial charge in [0.25, 0.3) is 0 Å². The lowest BCUT2D eigenvalue weighted by Crippen LogP contribution is -2.18. The molecule has 4 nitrogen and oxygen atoms in total. The summed E-state index contributed by atoms with van der Waals surface area (Å²) in [5.74, 6) is 1.84. The lowest BCUT2D eigenvalue weighted by molar-refractivity contribution is 0.252. The molecule has 0 bridgehead atoms. The van der Waals surface area contributed by atoms with Gasteiger partial charge in [0.2, 0.25) is 0 Å². The van der Waals surface area contributed by atoms with Crippen molar-refractivity contribution in [3.63, 3.8) is 0 Å². The zero-order chi connectivity index (χ0) is 13.8. The van der Waals surface area contributed by atoms with Gasteiger partial charge in [-0.25, -0.2) is 0 Å². The number of aliphatic hydroxyl groups excluding tert-OH is 1. The van der Waals surface area contributed by atoms with Crippen LogP contribution in [0.1, 0.15) is 37.4 Å². The highest BCUT2D eigenvalue weighted by Crippen LogP contribution is 2.38. The van der Waals surface area contributed by atoms with Gasteiger partial charge in [-0.15, -0.1) is 0 Å². The van der Waals surface area contributed by atoms with E-state index in [0.29, 0.717) is 13.0 Å². The first-order chi connectivity index (χ1) is 9.19. The number of hydrogen-bond acceptors (Lipinski definition) is 4. The number of fused-ring (bicyclic) bond motifs is 1. The van der Waals surface area contributed by atoms with Crippen LogP contribution < -0.4 is 14.8 Å². The van der Waals surface area contributed by atoms with Crippen molar-refractivity contribution in [2.45, 2.75) is 38.8 Å². The maximum absolute atomic E-state index is 9.17. The molecule has 106 valence electrons. The molecule has 1 aliphatic rings. The van der Waals surface area contributed by atoms with Crippen molar-refractivity contribution in [1.82, 2.24) is 5.32 Å². The fourth-order valence-electron chi connectivity index (χ4n) is 2.59. The van der Waals surface area contributed by atoms with E-state index < -0.39 is 0 Å². The lowest BCUT2D eigenvalue weighted by atomic mass is 9.99. The van der Waals surface area contributed by atoms with Crippen molar-refractivity contribution in [2.24, 2.45) is 0 Å². The summed E-state index contributed by atoms with van der Waals surface area (Å²) in [6.07, 6.45) is 1.82. The van der Waals surface area contributed by atoms with E-state index in [9.17, 15) is 5.11 Å². The summed E-state index contributed by atoms with van der Waals surface area (Å²) in [5.41, 5.74) is 2.27. The van der Waals surface area contributed by atoms with E-state index in [0.717, 1.165) is 23.5 Å². The van der Waals surface area contributed by atoms with Gasteiger partial charge in [-0.2, -0.15) is 0 Å². The third-order valence-electron chi connectivity index (χ3n) is 3.47. The Bertz CT molecular complexity index is 434. The average Bonchev–Trinajstić information content (AvgIpc) is 2.75. The Balaban J connectivity index is 2.37. The first-order valence-electron chi connectivity index (χ1n) is 6.94. The van der Waals surface area contributed by atoms with Crippen LogP contribution in [0.3, 0.4) is 0 Å². The van der Waals surface area contributed by atoms with Crippen LogP contribution in [-0.4, -0.2) is 31.5 Å². The number of nitrogens with one attached hydrogen (secondary N) is 1. The molecule has 1 aromatic carbocycles. The van der Waals surface area contributed by atoms with Crippen molar-refractivity contribution in [1.29, 1.82) is 0 Å². The second kappa shape index (κ2) is 6.26. The van der Waals surface area contributed by atoms with Crippen LogP contribution in [0.5, 0.6) is 11.5 Å². The van der Waals surface area contributed by atoms with Crippen LogP contribution >= 0.6 is 0 Å². The topological polar surface area (TPSA) is 50.7 Å². The molecule has 0 aliphatic carbocycles. The summed E-state index contributed by atoms with van der Waals surface area (Å²) >= 11 is 0. The molecule has 1 heterocycles. The normalized spacial score (nSPS) is 18.8. The van der Waals surface area contributed by atoms with Gasteiger partial charge in [0, 0.05) is 30.2 Å². The minimum Gasteiger partial charge on any atom is -0.494 e. The molecule has 0 saturated heterocycles. The number of rotatable bonds is 6. The summed E-state index contributed by atoms with van der Waals surface area (Å²) < 4.78 is 11.6. The van der Waals surface area contributed by atoms with E-state index in [-0.39, 0.29) is 18.8 Å². The molecule has 0 amide bonds. The Kier molecular flexibility index (Phi) is 4.66. The van der Waals surface area contributed by atoms with Gasteiger partial charge < -0.3 is 19.9 Å².